The molecule has 2 N–H and O–H groups in total. The maximum atomic E-state index is 12.5. The Morgan fingerprint density at radius 1 is 1.07 bits per heavy atom. The van der Waals surface area contributed by atoms with Crippen molar-refractivity contribution in [1.82, 2.24) is 10.9 Å². The van der Waals surface area contributed by atoms with Crippen molar-refractivity contribution in [2.24, 2.45) is 0 Å². The summed E-state index contributed by atoms with van der Waals surface area (Å²) >= 11 is 9.19. The molecule has 0 bridgehead atoms. The van der Waals surface area contributed by atoms with Gasteiger partial charge in [0.05, 0.1) is 4.47 Å². The van der Waals surface area contributed by atoms with Crippen molar-refractivity contribution < 1.29 is 19.1 Å². The average Bonchev–Trinajstić information content (AvgIpc) is 2.74. The Bertz CT molecular complexity index is 878. The predicted molar refractivity (Wildman–Crippen MR) is 121 cm³/mol. The molecular formula is C22H26BrClN2O4. The van der Waals surface area contributed by atoms with E-state index in [4.69, 9.17) is 21.1 Å². The Morgan fingerprint density at radius 2 is 1.80 bits per heavy atom. The fourth-order valence-corrected chi connectivity index (χ4v) is 3.47. The minimum Gasteiger partial charge on any atom is -0.483 e. The second-order valence-electron chi connectivity index (χ2n) is 6.76. The number of hydrogen-bond donors (Lipinski definition) is 2. The van der Waals surface area contributed by atoms with Crippen LogP contribution in [0.5, 0.6) is 11.5 Å². The van der Waals surface area contributed by atoms with E-state index in [2.05, 4.69) is 40.6 Å². The first-order valence-corrected chi connectivity index (χ1v) is 10.9. The first kappa shape index (κ1) is 24.0. The van der Waals surface area contributed by atoms with Crippen LogP contribution in [0.25, 0.3) is 0 Å². The largest absolute Gasteiger partial charge is 0.483 e. The highest BCUT2D eigenvalue weighted by atomic mass is 79.9. The smallest absolute Gasteiger partial charge is 0.279 e. The number of hydrogen-bond acceptors (Lipinski definition) is 4. The fraction of sp³-hybridized carbons (Fsp3) is 0.364. The fourth-order valence-electron chi connectivity index (χ4n) is 2.67. The lowest BCUT2D eigenvalue weighted by atomic mass is 9.98. The molecule has 0 spiro atoms. The van der Waals surface area contributed by atoms with Gasteiger partial charge >= 0.3 is 0 Å². The molecule has 30 heavy (non-hydrogen) atoms. The second kappa shape index (κ2) is 11.8. The molecule has 0 fully saturated rings. The van der Waals surface area contributed by atoms with Crippen molar-refractivity contribution in [3.8, 4) is 11.5 Å². The molecule has 2 amide bonds. The summed E-state index contributed by atoms with van der Waals surface area (Å²) in [4.78, 5) is 24.5. The Morgan fingerprint density at radius 3 is 2.47 bits per heavy atom. The maximum Gasteiger partial charge on any atom is 0.279 e. The van der Waals surface area contributed by atoms with E-state index in [0.717, 1.165) is 12.0 Å². The molecule has 2 aromatic carbocycles. The maximum absolute atomic E-state index is 12.5. The molecule has 6 nitrogen and oxygen atoms in total. The van der Waals surface area contributed by atoms with Gasteiger partial charge in [0.15, 0.2) is 12.7 Å². The standard InChI is InChI=1S/C22H26BrClN2O4/c1-4-14(3)16-8-6-7-9-19(16)30-18(5-2)22(28)26-25-21(27)13-29-20-11-10-15(24)12-17(20)23/h6-12,14,18H,4-5,13H2,1-3H3,(H,25,27)(H,26,28). The van der Waals surface area contributed by atoms with E-state index < -0.39 is 17.9 Å². The first-order chi connectivity index (χ1) is 14.3. The Balaban J connectivity index is 1.89. The van der Waals surface area contributed by atoms with E-state index in [0.29, 0.717) is 33.3 Å². The zero-order valence-electron chi connectivity index (χ0n) is 17.2. The molecule has 8 heteroatoms. The van der Waals surface area contributed by atoms with E-state index >= 15 is 0 Å². The average molecular weight is 498 g/mol. The minimum absolute atomic E-state index is 0.269. The quantitative estimate of drug-likeness (QED) is 0.478. The van der Waals surface area contributed by atoms with Crippen LogP contribution in [0, 0.1) is 0 Å². The van der Waals surface area contributed by atoms with E-state index in [-0.39, 0.29) is 6.61 Å². The van der Waals surface area contributed by atoms with E-state index in [1.54, 1.807) is 18.2 Å². The SMILES string of the molecule is CCC(Oc1ccccc1C(C)CC)C(=O)NNC(=O)COc1ccc(Cl)cc1Br. The van der Waals surface area contributed by atoms with Gasteiger partial charge in [-0.05, 0) is 64.5 Å². The lowest BCUT2D eigenvalue weighted by Gasteiger charge is -2.21. The van der Waals surface area contributed by atoms with E-state index in [9.17, 15) is 9.59 Å². The van der Waals surface area contributed by atoms with Crippen molar-refractivity contribution in [3.05, 3.63) is 57.5 Å². The Labute approximate surface area is 190 Å². The van der Waals surface area contributed by atoms with Gasteiger partial charge in [-0.1, -0.05) is 50.6 Å². The minimum atomic E-state index is -0.734. The van der Waals surface area contributed by atoms with Gasteiger partial charge in [-0.15, -0.1) is 0 Å². The van der Waals surface area contributed by atoms with Crippen molar-refractivity contribution in [3.63, 3.8) is 0 Å². The summed E-state index contributed by atoms with van der Waals surface area (Å²) in [6.45, 7) is 5.79. The summed E-state index contributed by atoms with van der Waals surface area (Å²) in [5, 5.41) is 0.548. The van der Waals surface area contributed by atoms with Gasteiger partial charge in [-0.25, -0.2) is 0 Å². The molecule has 0 saturated heterocycles. The normalized spacial score (nSPS) is 12.6. The molecule has 2 atom stereocenters. The van der Waals surface area contributed by atoms with E-state index in [1.807, 2.05) is 31.2 Å². The molecule has 2 unspecified atom stereocenters. The molecule has 162 valence electrons. The van der Waals surface area contributed by atoms with Crippen LogP contribution in [0.3, 0.4) is 0 Å². The van der Waals surface area contributed by atoms with Crippen LogP contribution >= 0.6 is 27.5 Å². The number of carbonyl (C=O) groups is 2. The van der Waals surface area contributed by atoms with Crippen molar-refractivity contribution >= 4 is 39.3 Å². The van der Waals surface area contributed by atoms with Crippen LogP contribution in [-0.2, 0) is 9.59 Å². The lowest BCUT2D eigenvalue weighted by molar-refractivity contribution is -0.134. The monoisotopic (exact) mass is 496 g/mol. The zero-order valence-corrected chi connectivity index (χ0v) is 19.5. The molecule has 0 heterocycles. The molecule has 0 radical (unpaired) electrons. The number of nitrogens with one attached hydrogen (secondary N) is 2. The number of para-hydroxylation sites is 1. The van der Waals surface area contributed by atoms with Crippen LogP contribution in [0.4, 0.5) is 0 Å². The number of rotatable bonds is 9. The summed E-state index contributed by atoms with van der Waals surface area (Å²) in [5.41, 5.74) is 5.80. The van der Waals surface area contributed by atoms with Crippen molar-refractivity contribution in [2.75, 3.05) is 6.61 Å². The van der Waals surface area contributed by atoms with Crippen molar-refractivity contribution in [1.29, 1.82) is 0 Å². The van der Waals surface area contributed by atoms with E-state index in [1.165, 1.54) is 0 Å². The number of benzene rings is 2. The highest BCUT2D eigenvalue weighted by molar-refractivity contribution is 9.10. The van der Waals surface area contributed by atoms with Crippen LogP contribution in [0.15, 0.2) is 46.9 Å². The van der Waals surface area contributed by atoms with Gasteiger partial charge in [0.25, 0.3) is 11.8 Å². The summed E-state index contributed by atoms with van der Waals surface area (Å²) in [5.74, 6) is 0.525. The lowest BCUT2D eigenvalue weighted by Crippen LogP contribution is -2.49. The molecule has 0 aliphatic carbocycles. The van der Waals surface area contributed by atoms with Gasteiger partial charge in [0.2, 0.25) is 0 Å². The van der Waals surface area contributed by atoms with Crippen LogP contribution in [-0.4, -0.2) is 24.5 Å². The van der Waals surface area contributed by atoms with Gasteiger partial charge in [-0.3, -0.25) is 20.4 Å². The Kier molecular flexibility index (Phi) is 9.46. The molecule has 0 aliphatic rings. The molecular weight excluding hydrogens is 472 g/mol. The number of ether oxygens (including phenoxy) is 2. The third-order valence-electron chi connectivity index (χ3n) is 4.57. The Hall–Kier alpha value is -2.25. The summed E-state index contributed by atoms with van der Waals surface area (Å²) < 4.78 is 12.0. The van der Waals surface area contributed by atoms with Gasteiger partial charge in [0.1, 0.15) is 11.5 Å². The predicted octanol–water partition coefficient (Wildman–Crippen LogP) is 5.00. The second-order valence-corrected chi connectivity index (χ2v) is 8.05. The zero-order chi connectivity index (χ0) is 22.1. The topological polar surface area (TPSA) is 76.7 Å². The van der Waals surface area contributed by atoms with Gasteiger partial charge < -0.3 is 9.47 Å². The number of carbonyl (C=O) groups excluding carboxylic acids is 2. The third kappa shape index (κ3) is 6.92. The number of amides is 2. The van der Waals surface area contributed by atoms with Crippen LogP contribution < -0.4 is 20.3 Å². The van der Waals surface area contributed by atoms with Crippen molar-refractivity contribution in [2.45, 2.75) is 45.6 Å². The number of hydrazine groups is 1. The highest BCUT2D eigenvalue weighted by Crippen LogP contribution is 2.29. The van der Waals surface area contributed by atoms with Gasteiger partial charge in [0, 0.05) is 5.02 Å². The molecule has 2 aromatic rings. The van der Waals surface area contributed by atoms with Gasteiger partial charge in [-0.2, -0.15) is 0 Å². The molecule has 0 saturated carbocycles. The molecule has 2 rings (SSSR count). The number of halogens is 2. The third-order valence-corrected chi connectivity index (χ3v) is 5.43. The first-order valence-electron chi connectivity index (χ1n) is 9.77. The molecule has 0 aliphatic heterocycles. The molecule has 0 aromatic heterocycles. The van der Waals surface area contributed by atoms with Crippen LogP contribution in [0.1, 0.15) is 45.1 Å². The van der Waals surface area contributed by atoms with Crippen LogP contribution in [0.2, 0.25) is 5.02 Å². The summed E-state index contributed by atoms with van der Waals surface area (Å²) in [6.07, 6.45) is 0.676. The summed E-state index contributed by atoms with van der Waals surface area (Å²) in [7, 11) is 0. The summed E-state index contributed by atoms with van der Waals surface area (Å²) in [6, 6.07) is 12.6. The highest BCUT2D eigenvalue weighted by Gasteiger charge is 2.21.